The number of anilines is 1. The smallest absolute Gasteiger partial charge is 0.107 e. The highest BCUT2D eigenvalue weighted by Crippen LogP contribution is 2.34. The maximum absolute atomic E-state index is 6.34. The molecular weight excluding hydrogens is 300 g/mol. The molecule has 1 fully saturated rings. The Balaban J connectivity index is 2.35. The summed E-state index contributed by atoms with van der Waals surface area (Å²) in [6.07, 6.45) is 6.29. The molecule has 0 unspecified atom stereocenters. The molecule has 4 heteroatoms. The summed E-state index contributed by atoms with van der Waals surface area (Å²) in [4.78, 5) is 2.89. The topological polar surface area (TPSA) is 29.3 Å². The lowest BCUT2D eigenvalue weighted by Gasteiger charge is -2.33. The molecule has 1 aromatic carbocycles. The van der Waals surface area contributed by atoms with Gasteiger partial charge in [0.2, 0.25) is 0 Å². The van der Waals surface area contributed by atoms with Crippen LogP contribution in [0.1, 0.15) is 51.5 Å². The first-order valence-electron chi connectivity index (χ1n) is 7.85. The van der Waals surface area contributed by atoms with Crippen LogP contribution in [-0.4, -0.2) is 17.6 Å². The van der Waals surface area contributed by atoms with Gasteiger partial charge in [0, 0.05) is 18.3 Å². The SMILES string of the molecule is CC(C)CCN(c1cccc(Cl)c1C(N)=S)C1CCCC1. The van der Waals surface area contributed by atoms with Gasteiger partial charge in [0.1, 0.15) is 4.99 Å². The zero-order chi connectivity index (χ0) is 15.4. The lowest BCUT2D eigenvalue weighted by atomic mass is 10.1. The molecule has 0 spiro atoms. The average molecular weight is 325 g/mol. The van der Waals surface area contributed by atoms with Crippen LogP contribution in [0.15, 0.2) is 18.2 Å². The molecule has 1 aromatic rings. The molecule has 2 nitrogen and oxygen atoms in total. The van der Waals surface area contributed by atoms with Crippen molar-refractivity contribution < 1.29 is 0 Å². The van der Waals surface area contributed by atoms with E-state index in [1.54, 1.807) is 0 Å². The van der Waals surface area contributed by atoms with Crippen molar-refractivity contribution in [3.05, 3.63) is 28.8 Å². The second kappa shape index (κ2) is 7.46. The predicted octanol–water partition coefficient (Wildman–Crippen LogP) is 4.77. The van der Waals surface area contributed by atoms with Gasteiger partial charge in [-0.25, -0.2) is 0 Å². The monoisotopic (exact) mass is 324 g/mol. The number of benzene rings is 1. The van der Waals surface area contributed by atoms with Crippen molar-refractivity contribution in [1.29, 1.82) is 0 Å². The van der Waals surface area contributed by atoms with E-state index in [4.69, 9.17) is 29.6 Å². The van der Waals surface area contributed by atoms with Gasteiger partial charge < -0.3 is 10.6 Å². The summed E-state index contributed by atoms with van der Waals surface area (Å²) < 4.78 is 0. The quantitative estimate of drug-likeness (QED) is 0.764. The molecule has 1 aliphatic rings. The van der Waals surface area contributed by atoms with Crippen LogP contribution in [0.4, 0.5) is 5.69 Å². The Hall–Kier alpha value is -0.800. The molecule has 0 aliphatic heterocycles. The number of rotatable bonds is 6. The fourth-order valence-corrected chi connectivity index (χ4v) is 3.65. The van der Waals surface area contributed by atoms with Crippen molar-refractivity contribution in [3.8, 4) is 0 Å². The second-order valence-corrected chi connectivity index (χ2v) is 7.16. The first kappa shape index (κ1) is 16.6. The maximum atomic E-state index is 6.34. The molecule has 116 valence electrons. The third-order valence-corrected chi connectivity index (χ3v) is 4.78. The van der Waals surface area contributed by atoms with Gasteiger partial charge in [-0.2, -0.15) is 0 Å². The van der Waals surface area contributed by atoms with Crippen molar-refractivity contribution in [1.82, 2.24) is 0 Å². The molecule has 21 heavy (non-hydrogen) atoms. The van der Waals surface area contributed by atoms with Crippen molar-refractivity contribution in [3.63, 3.8) is 0 Å². The van der Waals surface area contributed by atoms with E-state index >= 15 is 0 Å². The summed E-state index contributed by atoms with van der Waals surface area (Å²) in [7, 11) is 0. The lowest BCUT2D eigenvalue weighted by molar-refractivity contribution is 0.528. The summed E-state index contributed by atoms with van der Waals surface area (Å²) in [5, 5.41) is 0.660. The summed E-state index contributed by atoms with van der Waals surface area (Å²) in [5.74, 6) is 0.682. The second-order valence-electron chi connectivity index (χ2n) is 6.31. The van der Waals surface area contributed by atoms with Gasteiger partial charge in [0.15, 0.2) is 0 Å². The van der Waals surface area contributed by atoms with Gasteiger partial charge in [0.05, 0.1) is 10.6 Å². The predicted molar refractivity (Wildman–Crippen MR) is 96.4 cm³/mol. The van der Waals surface area contributed by atoms with E-state index in [0.29, 0.717) is 22.0 Å². The highest BCUT2D eigenvalue weighted by atomic mass is 35.5. The highest BCUT2D eigenvalue weighted by Gasteiger charge is 2.25. The van der Waals surface area contributed by atoms with Crippen molar-refractivity contribution in [2.75, 3.05) is 11.4 Å². The number of nitrogens with zero attached hydrogens (tertiary/aromatic N) is 1. The molecule has 1 saturated carbocycles. The van der Waals surface area contributed by atoms with E-state index < -0.39 is 0 Å². The molecule has 0 aromatic heterocycles. The Kier molecular flexibility index (Phi) is 5.88. The lowest BCUT2D eigenvalue weighted by Crippen LogP contribution is -2.36. The Bertz CT molecular complexity index is 496. The summed E-state index contributed by atoms with van der Waals surface area (Å²) in [6.45, 7) is 5.57. The summed E-state index contributed by atoms with van der Waals surface area (Å²) >= 11 is 11.6. The molecule has 0 amide bonds. The number of thiocarbonyl (C=S) groups is 1. The van der Waals surface area contributed by atoms with E-state index in [9.17, 15) is 0 Å². The molecule has 0 atom stereocenters. The van der Waals surface area contributed by atoms with E-state index in [1.807, 2.05) is 12.1 Å². The first-order chi connectivity index (χ1) is 10.0. The zero-order valence-electron chi connectivity index (χ0n) is 12.9. The zero-order valence-corrected chi connectivity index (χ0v) is 14.5. The Morgan fingerprint density at radius 1 is 1.38 bits per heavy atom. The van der Waals surface area contributed by atoms with Crippen molar-refractivity contribution in [2.45, 2.75) is 52.0 Å². The van der Waals surface area contributed by atoms with Gasteiger partial charge in [0.25, 0.3) is 0 Å². The average Bonchev–Trinajstić information content (AvgIpc) is 2.92. The molecule has 0 bridgehead atoms. The van der Waals surface area contributed by atoms with Crippen LogP contribution in [-0.2, 0) is 0 Å². The fraction of sp³-hybridized carbons (Fsp3) is 0.588. The Labute approximate surface area is 138 Å². The molecule has 0 saturated heterocycles. The van der Waals surface area contributed by atoms with Crippen LogP contribution in [0.25, 0.3) is 0 Å². The minimum atomic E-state index is 0.392. The number of hydrogen-bond acceptors (Lipinski definition) is 2. The minimum Gasteiger partial charge on any atom is -0.389 e. The van der Waals surface area contributed by atoms with E-state index in [1.165, 1.54) is 32.1 Å². The third kappa shape index (κ3) is 4.10. The normalized spacial score (nSPS) is 15.6. The number of hydrogen-bond donors (Lipinski definition) is 1. The van der Waals surface area contributed by atoms with Gasteiger partial charge in [-0.15, -0.1) is 0 Å². The fourth-order valence-electron chi connectivity index (χ4n) is 3.11. The van der Waals surface area contributed by atoms with Crippen molar-refractivity contribution in [2.24, 2.45) is 11.7 Å². The van der Waals surface area contributed by atoms with Crippen LogP contribution in [0.2, 0.25) is 5.02 Å². The third-order valence-electron chi connectivity index (χ3n) is 4.26. The standard InChI is InChI=1S/C17H25ClN2S/c1-12(2)10-11-20(13-6-3-4-7-13)15-9-5-8-14(18)16(15)17(19)21/h5,8-9,12-13H,3-4,6-7,10-11H2,1-2H3,(H2,19,21). The Morgan fingerprint density at radius 3 is 2.62 bits per heavy atom. The van der Waals surface area contributed by atoms with Crippen LogP contribution in [0.5, 0.6) is 0 Å². The minimum absolute atomic E-state index is 0.392. The van der Waals surface area contributed by atoms with Crippen LogP contribution in [0, 0.1) is 5.92 Å². The highest BCUT2D eigenvalue weighted by molar-refractivity contribution is 7.80. The molecule has 1 aliphatic carbocycles. The van der Waals surface area contributed by atoms with Gasteiger partial charge in [-0.05, 0) is 37.3 Å². The van der Waals surface area contributed by atoms with E-state index in [2.05, 4.69) is 24.8 Å². The van der Waals surface area contributed by atoms with Gasteiger partial charge in [-0.1, -0.05) is 56.6 Å². The number of halogens is 1. The summed E-state index contributed by atoms with van der Waals surface area (Å²) in [5.41, 5.74) is 7.88. The van der Waals surface area contributed by atoms with Crippen LogP contribution in [0.3, 0.4) is 0 Å². The molecule has 2 rings (SSSR count). The molecule has 0 radical (unpaired) electrons. The molecular formula is C17H25ClN2S. The van der Waals surface area contributed by atoms with Gasteiger partial charge >= 0.3 is 0 Å². The van der Waals surface area contributed by atoms with E-state index in [-0.39, 0.29) is 0 Å². The molecule has 2 N–H and O–H groups in total. The van der Waals surface area contributed by atoms with Crippen LogP contribution >= 0.6 is 23.8 Å². The number of nitrogens with two attached hydrogens (primary N) is 1. The van der Waals surface area contributed by atoms with Crippen LogP contribution < -0.4 is 10.6 Å². The molecule has 0 heterocycles. The maximum Gasteiger partial charge on any atom is 0.107 e. The Morgan fingerprint density at radius 2 is 2.05 bits per heavy atom. The largest absolute Gasteiger partial charge is 0.389 e. The van der Waals surface area contributed by atoms with Crippen molar-refractivity contribution >= 4 is 34.5 Å². The first-order valence-corrected chi connectivity index (χ1v) is 8.64. The van der Waals surface area contributed by atoms with E-state index in [0.717, 1.165) is 17.8 Å². The van der Waals surface area contributed by atoms with Gasteiger partial charge in [-0.3, -0.25) is 0 Å². The summed E-state index contributed by atoms with van der Waals surface area (Å²) in [6, 6.07) is 6.57.